The molecule has 2 aromatic carbocycles. The van der Waals surface area contributed by atoms with Crippen LogP contribution in [0.25, 0.3) is 0 Å². The molecule has 0 radical (unpaired) electrons. The highest BCUT2D eigenvalue weighted by molar-refractivity contribution is 7.91. The molecule has 0 aromatic heterocycles. The minimum Gasteiger partial charge on any atom is -0.372 e. The predicted octanol–water partition coefficient (Wildman–Crippen LogP) is 3.39. The van der Waals surface area contributed by atoms with E-state index in [9.17, 15) is 13.2 Å². The molecule has 0 unspecified atom stereocenters. The van der Waals surface area contributed by atoms with Crippen molar-refractivity contribution >= 4 is 57.1 Å². The molecule has 1 fully saturated rings. The number of rotatable bonds is 5. The van der Waals surface area contributed by atoms with Gasteiger partial charge in [-0.2, -0.15) is 5.10 Å². The second-order valence-electron chi connectivity index (χ2n) is 7.51. The van der Waals surface area contributed by atoms with Crippen LogP contribution >= 0.6 is 35.6 Å². The molecule has 1 saturated heterocycles. The third-order valence-corrected chi connectivity index (χ3v) is 7.86. The first-order valence-corrected chi connectivity index (χ1v) is 12.2. The number of nitrogens with zero attached hydrogens (tertiary/aromatic N) is 1. The van der Waals surface area contributed by atoms with Crippen LogP contribution in [0.15, 0.2) is 52.5 Å². The number of nitrogens with one attached hydrogen (secondary N) is 2. The van der Waals surface area contributed by atoms with E-state index in [1.807, 2.05) is 6.07 Å². The van der Waals surface area contributed by atoms with Crippen molar-refractivity contribution < 1.29 is 17.9 Å². The zero-order valence-electron chi connectivity index (χ0n) is 16.9. The molecular formula is C21H22Cl3N3O4S. The van der Waals surface area contributed by atoms with Gasteiger partial charge in [-0.3, -0.25) is 4.79 Å². The van der Waals surface area contributed by atoms with Gasteiger partial charge in [0.2, 0.25) is 5.91 Å². The van der Waals surface area contributed by atoms with Crippen LogP contribution in [0.3, 0.4) is 0 Å². The molecule has 2 heterocycles. The Hall–Kier alpha value is -1.68. The summed E-state index contributed by atoms with van der Waals surface area (Å²) in [6.07, 6.45) is -0.313. The fraction of sp³-hybridized carbons (Fsp3) is 0.333. The Balaban J connectivity index is 0.00000289. The SMILES string of the molecule is Cl.O=C1CC(c2cccc(S(=O)(=O)C[C@@H]3CNCCO[C@H]3c3ccc(Cl)c(Cl)c3)c2)=NN1. The van der Waals surface area contributed by atoms with Gasteiger partial charge in [0, 0.05) is 19.0 Å². The van der Waals surface area contributed by atoms with Crippen molar-refractivity contribution in [1.82, 2.24) is 10.7 Å². The summed E-state index contributed by atoms with van der Waals surface area (Å²) in [6.45, 7) is 1.57. The van der Waals surface area contributed by atoms with Gasteiger partial charge in [0.25, 0.3) is 0 Å². The maximum atomic E-state index is 13.3. The van der Waals surface area contributed by atoms with Crippen molar-refractivity contribution in [3.63, 3.8) is 0 Å². The number of amides is 1. The van der Waals surface area contributed by atoms with Crippen molar-refractivity contribution in [2.75, 3.05) is 25.4 Å². The molecule has 4 rings (SSSR count). The fourth-order valence-corrected chi connectivity index (χ4v) is 5.72. The number of carbonyl (C=O) groups excluding carboxylic acids is 1. The van der Waals surface area contributed by atoms with Gasteiger partial charge in [-0.15, -0.1) is 12.4 Å². The number of hydrazone groups is 1. The monoisotopic (exact) mass is 517 g/mol. The maximum absolute atomic E-state index is 13.3. The average Bonchev–Trinajstić information content (AvgIpc) is 3.06. The minimum atomic E-state index is -3.64. The van der Waals surface area contributed by atoms with E-state index in [1.165, 1.54) is 0 Å². The number of hydrogen-bond donors (Lipinski definition) is 2. The summed E-state index contributed by atoms with van der Waals surface area (Å²) >= 11 is 12.2. The minimum absolute atomic E-state index is 0. The molecule has 2 aliphatic rings. The van der Waals surface area contributed by atoms with Crippen LogP contribution in [0.2, 0.25) is 10.0 Å². The summed E-state index contributed by atoms with van der Waals surface area (Å²) in [5, 5.41) is 8.05. The highest BCUT2D eigenvalue weighted by Crippen LogP contribution is 2.33. The molecule has 1 amide bonds. The Morgan fingerprint density at radius 1 is 1.12 bits per heavy atom. The quantitative estimate of drug-likeness (QED) is 0.632. The van der Waals surface area contributed by atoms with Crippen LogP contribution in [0.1, 0.15) is 23.7 Å². The lowest BCUT2D eigenvalue weighted by Gasteiger charge is -2.25. The van der Waals surface area contributed by atoms with Crippen LogP contribution in [-0.4, -0.2) is 45.5 Å². The maximum Gasteiger partial charge on any atom is 0.246 e. The van der Waals surface area contributed by atoms with Gasteiger partial charge < -0.3 is 10.1 Å². The van der Waals surface area contributed by atoms with Gasteiger partial charge in [0.1, 0.15) is 0 Å². The molecule has 7 nitrogen and oxygen atoms in total. The van der Waals surface area contributed by atoms with Gasteiger partial charge in [0.05, 0.1) is 45.5 Å². The van der Waals surface area contributed by atoms with E-state index < -0.39 is 15.9 Å². The molecule has 2 aliphatic heterocycles. The molecule has 2 N–H and O–H groups in total. The largest absolute Gasteiger partial charge is 0.372 e. The van der Waals surface area contributed by atoms with Crippen LogP contribution in [0.5, 0.6) is 0 Å². The molecule has 172 valence electrons. The Kier molecular flexibility index (Phi) is 8.19. The summed E-state index contributed by atoms with van der Waals surface area (Å²) in [4.78, 5) is 11.6. The topological polar surface area (TPSA) is 96.9 Å². The highest BCUT2D eigenvalue weighted by Gasteiger charge is 2.32. The van der Waals surface area contributed by atoms with Crippen molar-refractivity contribution in [3.8, 4) is 0 Å². The van der Waals surface area contributed by atoms with E-state index in [4.69, 9.17) is 27.9 Å². The molecule has 32 heavy (non-hydrogen) atoms. The van der Waals surface area contributed by atoms with Crippen molar-refractivity contribution in [3.05, 3.63) is 63.6 Å². The molecule has 0 saturated carbocycles. The summed E-state index contributed by atoms with van der Waals surface area (Å²) in [6, 6.07) is 11.7. The molecule has 2 aromatic rings. The Morgan fingerprint density at radius 3 is 2.66 bits per heavy atom. The summed E-state index contributed by atoms with van der Waals surface area (Å²) < 4.78 is 32.6. The van der Waals surface area contributed by atoms with Crippen LogP contribution in [-0.2, 0) is 19.4 Å². The lowest BCUT2D eigenvalue weighted by Crippen LogP contribution is -2.30. The van der Waals surface area contributed by atoms with E-state index in [2.05, 4.69) is 15.8 Å². The zero-order valence-corrected chi connectivity index (χ0v) is 20.0. The molecule has 0 spiro atoms. The van der Waals surface area contributed by atoms with Crippen molar-refractivity contribution in [1.29, 1.82) is 0 Å². The van der Waals surface area contributed by atoms with E-state index in [0.717, 1.165) is 5.56 Å². The average molecular weight is 519 g/mol. The normalized spacial score (nSPS) is 21.3. The number of ether oxygens (including phenoxy) is 1. The molecule has 11 heteroatoms. The highest BCUT2D eigenvalue weighted by atomic mass is 35.5. The van der Waals surface area contributed by atoms with E-state index in [0.29, 0.717) is 41.0 Å². The summed E-state index contributed by atoms with van der Waals surface area (Å²) in [5.74, 6) is -0.659. The predicted molar refractivity (Wildman–Crippen MR) is 127 cm³/mol. The smallest absolute Gasteiger partial charge is 0.246 e. The van der Waals surface area contributed by atoms with Crippen LogP contribution in [0, 0.1) is 5.92 Å². The number of halogens is 3. The summed E-state index contributed by atoms with van der Waals surface area (Å²) in [7, 11) is -3.64. The van der Waals surface area contributed by atoms with Crippen LogP contribution < -0.4 is 10.7 Å². The molecule has 0 bridgehead atoms. The number of benzene rings is 2. The Labute approximate surface area is 202 Å². The van der Waals surface area contributed by atoms with E-state index >= 15 is 0 Å². The second kappa shape index (κ2) is 10.5. The van der Waals surface area contributed by atoms with E-state index in [1.54, 1.807) is 36.4 Å². The second-order valence-corrected chi connectivity index (χ2v) is 10.4. The van der Waals surface area contributed by atoms with Crippen LogP contribution in [0.4, 0.5) is 0 Å². The lowest BCUT2D eigenvalue weighted by molar-refractivity contribution is -0.119. The third-order valence-electron chi connectivity index (χ3n) is 5.29. The molecular weight excluding hydrogens is 497 g/mol. The van der Waals surface area contributed by atoms with Crippen molar-refractivity contribution in [2.24, 2.45) is 11.0 Å². The summed E-state index contributed by atoms with van der Waals surface area (Å²) in [5.41, 5.74) is 4.31. The zero-order chi connectivity index (χ0) is 22.0. The van der Waals surface area contributed by atoms with E-state index in [-0.39, 0.29) is 41.3 Å². The molecule has 0 aliphatic carbocycles. The first-order chi connectivity index (χ1) is 14.8. The van der Waals surface area contributed by atoms with Gasteiger partial charge in [-0.05, 0) is 35.4 Å². The van der Waals surface area contributed by atoms with Crippen molar-refractivity contribution in [2.45, 2.75) is 17.4 Å². The standard InChI is InChI=1S/C21H21Cl2N3O4S.ClH/c22-17-5-4-14(9-18(17)23)21-15(11-24-6-7-30-21)12-31(28,29)16-3-1-2-13(8-16)19-10-20(27)26-25-19;/h1-5,8-9,15,21,24H,6-7,10-12H2,(H,26,27);1H/t15-,21-;/m0./s1. The molecule has 2 atom stereocenters. The number of carbonyl (C=O) groups is 1. The van der Waals surface area contributed by atoms with Gasteiger partial charge in [-0.1, -0.05) is 41.4 Å². The lowest BCUT2D eigenvalue weighted by atomic mass is 9.97. The first-order valence-electron chi connectivity index (χ1n) is 9.79. The third kappa shape index (κ3) is 5.62. The Bertz CT molecular complexity index is 1140. The number of sulfone groups is 1. The fourth-order valence-electron chi connectivity index (χ4n) is 3.77. The van der Waals surface area contributed by atoms with Gasteiger partial charge in [0.15, 0.2) is 9.84 Å². The van der Waals surface area contributed by atoms with Gasteiger partial charge >= 0.3 is 0 Å². The Morgan fingerprint density at radius 2 is 1.94 bits per heavy atom. The first kappa shape index (κ1) is 25.0. The number of hydrogen-bond acceptors (Lipinski definition) is 6. The van der Waals surface area contributed by atoms with Gasteiger partial charge in [-0.25, -0.2) is 13.8 Å².